The quantitative estimate of drug-likeness (QED) is 0.675. The first-order valence-electron chi connectivity index (χ1n) is 6.72. The number of nitrogens with zero attached hydrogens (tertiary/aromatic N) is 2. The van der Waals surface area contributed by atoms with Crippen LogP contribution in [0.5, 0.6) is 5.75 Å². The third-order valence-corrected chi connectivity index (χ3v) is 3.01. The minimum atomic E-state index is -0.766. The summed E-state index contributed by atoms with van der Waals surface area (Å²) in [6.45, 7) is 1.58. The van der Waals surface area contributed by atoms with Crippen molar-refractivity contribution in [3.8, 4) is 11.8 Å². The normalized spacial score (nSPS) is 11.1. The van der Waals surface area contributed by atoms with E-state index in [2.05, 4.69) is 5.32 Å². The van der Waals surface area contributed by atoms with E-state index >= 15 is 0 Å². The van der Waals surface area contributed by atoms with Crippen LogP contribution in [0.4, 0.5) is 11.4 Å². The van der Waals surface area contributed by atoms with Crippen molar-refractivity contribution >= 4 is 17.3 Å². The predicted octanol–water partition coefficient (Wildman–Crippen LogP) is 2.87. The molecule has 0 fully saturated rings. The lowest BCUT2D eigenvalue weighted by atomic mass is 10.2. The topological polar surface area (TPSA) is 105 Å². The van der Waals surface area contributed by atoms with E-state index < -0.39 is 11.0 Å². The summed E-state index contributed by atoms with van der Waals surface area (Å²) in [5.74, 6) is 0.0820. The van der Waals surface area contributed by atoms with Gasteiger partial charge in [-0.15, -0.1) is 0 Å². The van der Waals surface area contributed by atoms with Gasteiger partial charge in [0.25, 0.3) is 11.6 Å². The van der Waals surface area contributed by atoms with Gasteiger partial charge in [-0.05, 0) is 43.3 Å². The van der Waals surface area contributed by atoms with Crippen molar-refractivity contribution in [3.63, 3.8) is 0 Å². The number of nitro groups is 1. The van der Waals surface area contributed by atoms with Gasteiger partial charge in [0.1, 0.15) is 5.75 Å². The van der Waals surface area contributed by atoms with Crippen molar-refractivity contribution < 1.29 is 14.5 Å². The van der Waals surface area contributed by atoms with Gasteiger partial charge in [-0.1, -0.05) is 0 Å². The van der Waals surface area contributed by atoms with Crippen LogP contribution in [0, 0.1) is 21.4 Å². The van der Waals surface area contributed by atoms with Crippen LogP contribution in [-0.2, 0) is 4.79 Å². The Labute approximate surface area is 132 Å². The number of benzene rings is 2. The highest BCUT2D eigenvalue weighted by atomic mass is 16.6. The Morgan fingerprint density at radius 2 is 1.83 bits per heavy atom. The number of rotatable bonds is 5. The highest BCUT2D eigenvalue weighted by Gasteiger charge is 2.15. The van der Waals surface area contributed by atoms with Gasteiger partial charge in [0.05, 0.1) is 16.6 Å². The van der Waals surface area contributed by atoms with Crippen molar-refractivity contribution in [2.24, 2.45) is 0 Å². The maximum atomic E-state index is 12.0. The molecule has 0 aromatic heterocycles. The lowest BCUT2D eigenvalue weighted by Gasteiger charge is -2.14. The highest BCUT2D eigenvalue weighted by Crippen LogP contribution is 2.17. The van der Waals surface area contributed by atoms with Crippen LogP contribution in [0.1, 0.15) is 12.5 Å². The second-order valence-corrected chi connectivity index (χ2v) is 4.69. The molecule has 1 amide bonds. The van der Waals surface area contributed by atoms with E-state index in [0.29, 0.717) is 17.0 Å². The van der Waals surface area contributed by atoms with E-state index in [9.17, 15) is 14.9 Å². The molecule has 7 nitrogen and oxygen atoms in total. The number of non-ortho nitro benzene ring substituents is 1. The monoisotopic (exact) mass is 311 g/mol. The van der Waals surface area contributed by atoms with E-state index in [-0.39, 0.29) is 11.6 Å². The SMILES string of the molecule is CC(Oc1ccc(C#N)cc1)C(=O)Nc1ccc([N+](=O)[O-])cc1. The molecule has 7 heteroatoms. The Hall–Kier alpha value is -3.40. The Morgan fingerprint density at radius 3 is 2.35 bits per heavy atom. The van der Waals surface area contributed by atoms with E-state index in [0.717, 1.165) is 0 Å². The highest BCUT2D eigenvalue weighted by molar-refractivity contribution is 5.94. The van der Waals surface area contributed by atoms with Crippen molar-refractivity contribution in [1.82, 2.24) is 0 Å². The first kappa shape index (κ1) is 16.0. The number of hydrogen-bond donors (Lipinski definition) is 1. The van der Waals surface area contributed by atoms with Crippen LogP contribution in [0.3, 0.4) is 0 Å². The minimum absolute atomic E-state index is 0.0510. The third-order valence-electron chi connectivity index (χ3n) is 3.01. The molecular weight excluding hydrogens is 298 g/mol. The van der Waals surface area contributed by atoms with Gasteiger partial charge >= 0.3 is 0 Å². The molecule has 116 valence electrons. The summed E-state index contributed by atoms with van der Waals surface area (Å²) in [6, 6.07) is 13.9. The molecule has 23 heavy (non-hydrogen) atoms. The second kappa shape index (κ2) is 7.04. The molecule has 2 rings (SSSR count). The molecule has 0 bridgehead atoms. The summed E-state index contributed by atoms with van der Waals surface area (Å²) in [5.41, 5.74) is 0.890. The molecule has 0 radical (unpaired) electrons. The molecule has 0 saturated carbocycles. The van der Waals surface area contributed by atoms with Crippen LogP contribution in [0.2, 0.25) is 0 Å². The molecule has 0 heterocycles. The molecular formula is C16H13N3O4. The average Bonchev–Trinajstić information content (AvgIpc) is 2.56. The standard InChI is InChI=1S/C16H13N3O4/c1-11(23-15-8-2-12(10-17)3-9-15)16(20)18-13-4-6-14(7-5-13)19(21)22/h2-9,11H,1H3,(H,18,20). The summed E-state index contributed by atoms with van der Waals surface area (Å²) in [6.07, 6.45) is -0.766. The van der Waals surface area contributed by atoms with E-state index in [1.54, 1.807) is 31.2 Å². The van der Waals surface area contributed by atoms with E-state index in [1.165, 1.54) is 24.3 Å². The number of nitrogens with one attached hydrogen (secondary N) is 1. The Balaban J connectivity index is 1.96. The summed E-state index contributed by atoms with van der Waals surface area (Å²) in [7, 11) is 0. The van der Waals surface area contributed by atoms with Crippen molar-refractivity contribution in [2.75, 3.05) is 5.32 Å². The molecule has 1 atom stereocenters. The average molecular weight is 311 g/mol. The molecule has 0 aliphatic rings. The summed E-state index contributed by atoms with van der Waals surface area (Å²) in [5, 5.41) is 21.9. The predicted molar refractivity (Wildman–Crippen MR) is 83.0 cm³/mol. The van der Waals surface area contributed by atoms with Gasteiger partial charge in [0.2, 0.25) is 0 Å². The van der Waals surface area contributed by atoms with Gasteiger partial charge in [-0.3, -0.25) is 14.9 Å². The number of carbonyl (C=O) groups excluding carboxylic acids is 1. The smallest absolute Gasteiger partial charge is 0.269 e. The number of amides is 1. The fourth-order valence-electron chi connectivity index (χ4n) is 1.78. The Bertz CT molecular complexity index is 748. The number of anilines is 1. The van der Waals surface area contributed by atoms with E-state index in [4.69, 9.17) is 10.00 Å². The number of hydrogen-bond acceptors (Lipinski definition) is 5. The molecule has 2 aromatic rings. The largest absolute Gasteiger partial charge is 0.481 e. The zero-order valence-corrected chi connectivity index (χ0v) is 12.2. The third kappa shape index (κ3) is 4.28. The molecule has 0 spiro atoms. The summed E-state index contributed by atoms with van der Waals surface area (Å²) >= 11 is 0. The van der Waals surface area contributed by atoms with Crippen LogP contribution in [-0.4, -0.2) is 16.9 Å². The molecule has 1 unspecified atom stereocenters. The summed E-state index contributed by atoms with van der Waals surface area (Å²) in [4.78, 5) is 22.1. The van der Waals surface area contributed by atoms with Crippen LogP contribution in [0.25, 0.3) is 0 Å². The fraction of sp³-hybridized carbons (Fsp3) is 0.125. The Kier molecular flexibility index (Phi) is 4.89. The van der Waals surface area contributed by atoms with E-state index in [1.807, 2.05) is 6.07 Å². The van der Waals surface area contributed by atoms with Crippen LogP contribution < -0.4 is 10.1 Å². The second-order valence-electron chi connectivity index (χ2n) is 4.69. The Morgan fingerprint density at radius 1 is 1.22 bits per heavy atom. The van der Waals surface area contributed by atoms with Gasteiger partial charge in [-0.2, -0.15) is 5.26 Å². The molecule has 1 N–H and O–H groups in total. The van der Waals surface area contributed by atoms with Crippen molar-refractivity contribution in [1.29, 1.82) is 5.26 Å². The van der Waals surface area contributed by atoms with Crippen molar-refractivity contribution in [2.45, 2.75) is 13.0 Å². The van der Waals surface area contributed by atoms with Gasteiger partial charge < -0.3 is 10.1 Å². The lowest BCUT2D eigenvalue weighted by Crippen LogP contribution is -2.30. The number of carbonyl (C=O) groups is 1. The maximum absolute atomic E-state index is 12.0. The molecule has 0 aliphatic carbocycles. The summed E-state index contributed by atoms with van der Waals surface area (Å²) < 4.78 is 5.48. The maximum Gasteiger partial charge on any atom is 0.269 e. The number of ether oxygens (including phenoxy) is 1. The molecule has 2 aromatic carbocycles. The molecule has 0 saturated heterocycles. The first-order valence-corrected chi connectivity index (χ1v) is 6.72. The van der Waals surface area contributed by atoms with Crippen molar-refractivity contribution in [3.05, 3.63) is 64.2 Å². The minimum Gasteiger partial charge on any atom is -0.481 e. The van der Waals surface area contributed by atoms with Gasteiger partial charge in [0.15, 0.2) is 6.10 Å². The van der Waals surface area contributed by atoms with Crippen LogP contribution in [0.15, 0.2) is 48.5 Å². The lowest BCUT2D eigenvalue weighted by molar-refractivity contribution is -0.384. The molecule has 0 aliphatic heterocycles. The fourth-order valence-corrected chi connectivity index (χ4v) is 1.78. The first-order chi connectivity index (χ1) is 11.0. The number of nitro benzene ring substituents is 1. The van der Waals surface area contributed by atoms with Crippen LogP contribution >= 0.6 is 0 Å². The zero-order chi connectivity index (χ0) is 16.8. The van der Waals surface area contributed by atoms with Gasteiger partial charge in [0, 0.05) is 17.8 Å². The number of nitriles is 1. The zero-order valence-electron chi connectivity index (χ0n) is 12.2. The van der Waals surface area contributed by atoms with Gasteiger partial charge in [-0.25, -0.2) is 0 Å².